The minimum absolute atomic E-state index is 0.321. The van der Waals surface area contributed by atoms with Crippen molar-refractivity contribution >= 4 is 50.9 Å². The predicted molar refractivity (Wildman–Crippen MR) is 107 cm³/mol. The SMILES string of the molecule is Clc1ccc(CSC(Cn2ccnc2)c2ccc(Br)cc2)cc1Cl. The van der Waals surface area contributed by atoms with E-state index >= 15 is 0 Å². The highest BCUT2D eigenvalue weighted by Crippen LogP contribution is 2.35. The maximum atomic E-state index is 6.12. The van der Waals surface area contributed by atoms with Crippen molar-refractivity contribution in [2.45, 2.75) is 17.5 Å². The Balaban J connectivity index is 1.76. The lowest BCUT2D eigenvalue weighted by Crippen LogP contribution is -2.05. The smallest absolute Gasteiger partial charge is 0.0946 e. The third kappa shape index (κ3) is 4.79. The Bertz CT molecular complexity index is 791. The molecule has 0 N–H and O–H groups in total. The molecule has 1 atom stereocenters. The van der Waals surface area contributed by atoms with Crippen LogP contribution in [-0.4, -0.2) is 9.55 Å². The van der Waals surface area contributed by atoms with Gasteiger partial charge in [0.05, 0.1) is 16.4 Å². The van der Waals surface area contributed by atoms with E-state index in [1.54, 1.807) is 0 Å². The van der Waals surface area contributed by atoms with Gasteiger partial charge >= 0.3 is 0 Å². The van der Waals surface area contributed by atoms with Gasteiger partial charge in [-0.3, -0.25) is 0 Å². The van der Waals surface area contributed by atoms with Gasteiger partial charge in [-0.05, 0) is 35.4 Å². The van der Waals surface area contributed by atoms with E-state index in [9.17, 15) is 0 Å². The molecule has 3 aromatic rings. The van der Waals surface area contributed by atoms with E-state index < -0.39 is 0 Å². The molecule has 0 spiro atoms. The molecule has 1 aromatic heterocycles. The molecule has 0 fully saturated rings. The Morgan fingerprint density at radius 3 is 2.54 bits per heavy atom. The molecule has 0 aliphatic carbocycles. The first kappa shape index (κ1) is 17.9. The minimum Gasteiger partial charge on any atom is -0.336 e. The van der Waals surface area contributed by atoms with Gasteiger partial charge in [0, 0.05) is 34.4 Å². The van der Waals surface area contributed by atoms with Gasteiger partial charge in [0.25, 0.3) is 0 Å². The number of benzene rings is 2. The number of aromatic nitrogens is 2. The van der Waals surface area contributed by atoms with Gasteiger partial charge in [-0.1, -0.05) is 57.3 Å². The van der Waals surface area contributed by atoms with Crippen LogP contribution in [0.1, 0.15) is 16.4 Å². The van der Waals surface area contributed by atoms with E-state index in [-0.39, 0.29) is 0 Å². The van der Waals surface area contributed by atoms with Gasteiger partial charge < -0.3 is 4.57 Å². The van der Waals surface area contributed by atoms with Crippen LogP contribution in [0.15, 0.2) is 65.7 Å². The zero-order chi connectivity index (χ0) is 16.9. The van der Waals surface area contributed by atoms with Gasteiger partial charge in [-0.25, -0.2) is 4.98 Å². The summed E-state index contributed by atoms with van der Waals surface area (Å²) in [5, 5.41) is 1.51. The molecule has 2 aromatic carbocycles. The molecule has 24 heavy (non-hydrogen) atoms. The average molecular weight is 442 g/mol. The van der Waals surface area contributed by atoms with E-state index in [4.69, 9.17) is 23.2 Å². The van der Waals surface area contributed by atoms with E-state index in [0.29, 0.717) is 15.3 Å². The first-order valence-corrected chi connectivity index (χ1v) is 9.98. The highest BCUT2D eigenvalue weighted by molar-refractivity contribution is 9.10. The quantitative estimate of drug-likeness (QED) is 0.427. The van der Waals surface area contributed by atoms with Gasteiger partial charge in [0.1, 0.15) is 0 Å². The van der Waals surface area contributed by atoms with Crippen molar-refractivity contribution in [2.75, 3.05) is 0 Å². The Hall–Kier alpha value is -0.940. The fourth-order valence-electron chi connectivity index (χ4n) is 2.34. The molecule has 1 unspecified atom stereocenters. The zero-order valence-corrected chi connectivity index (χ0v) is 16.6. The first-order chi connectivity index (χ1) is 11.6. The lowest BCUT2D eigenvalue weighted by molar-refractivity contribution is 0.683. The second-order valence-corrected chi connectivity index (χ2v) is 8.28. The molecule has 1 heterocycles. The van der Waals surface area contributed by atoms with Crippen LogP contribution >= 0.6 is 50.9 Å². The van der Waals surface area contributed by atoms with Crippen molar-refractivity contribution in [1.29, 1.82) is 0 Å². The zero-order valence-electron chi connectivity index (χ0n) is 12.7. The van der Waals surface area contributed by atoms with Crippen molar-refractivity contribution < 1.29 is 0 Å². The van der Waals surface area contributed by atoms with Crippen LogP contribution in [0.2, 0.25) is 10.0 Å². The number of halogens is 3. The normalized spacial score (nSPS) is 12.3. The number of rotatable bonds is 6. The van der Waals surface area contributed by atoms with Crippen LogP contribution < -0.4 is 0 Å². The van der Waals surface area contributed by atoms with Crippen LogP contribution in [0.5, 0.6) is 0 Å². The average Bonchev–Trinajstić information content (AvgIpc) is 3.08. The van der Waals surface area contributed by atoms with Crippen molar-refractivity contribution in [2.24, 2.45) is 0 Å². The lowest BCUT2D eigenvalue weighted by Gasteiger charge is -2.18. The Morgan fingerprint density at radius 2 is 1.88 bits per heavy atom. The second-order valence-electron chi connectivity index (χ2n) is 5.36. The van der Waals surface area contributed by atoms with Gasteiger partial charge in [-0.2, -0.15) is 0 Å². The molecule has 2 nitrogen and oxygen atoms in total. The Kier molecular flexibility index (Phi) is 6.28. The summed E-state index contributed by atoms with van der Waals surface area (Å²) in [5.74, 6) is 0.867. The summed E-state index contributed by atoms with van der Waals surface area (Å²) in [7, 11) is 0. The molecular weight excluding hydrogens is 427 g/mol. The largest absolute Gasteiger partial charge is 0.336 e. The summed E-state index contributed by atoms with van der Waals surface area (Å²) in [6.07, 6.45) is 5.65. The number of nitrogens with zero attached hydrogens (tertiary/aromatic N) is 2. The maximum absolute atomic E-state index is 6.12. The summed E-state index contributed by atoms with van der Waals surface area (Å²) in [6.45, 7) is 0.869. The number of hydrogen-bond acceptors (Lipinski definition) is 2. The van der Waals surface area contributed by atoms with Crippen LogP contribution in [0.4, 0.5) is 0 Å². The number of imidazole rings is 1. The van der Waals surface area contributed by atoms with Crippen molar-refractivity contribution in [3.05, 3.63) is 86.8 Å². The van der Waals surface area contributed by atoms with Crippen molar-refractivity contribution in [3.8, 4) is 0 Å². The Morgan fingerprint density at radius 1 is 1.08 bits per heavy atom. The first-order valence-electron chi connectivity index (χ1n) is 7.38. The van der Waals surface area contributed by atoms with Crippen LogP contribution in [0, 0.1) is 0 Å². The Labute approximate surface area is 164 Å². The highest BCUT2D eigenvalue weighted by Gasteiger charge is 2.14. The molecule has 0 aliphatic rings. The molecule has 0 saturated carbocycles. The van der Waals surface area contributed by atoms with Gasteiger partial charge in [0.2, 0.25) is 0 Å². The standard InChI is InChI=1S/C18H15BrCl2N2S/c19-15-4-2-14(3-5-15)18(10-23-8-7-22-12-23)24-11-13-1-6-16(20)17(21)9-13/h1-9,12,18H,10-11H2. The van der Waals surface area contributed by atoms with E-state index in [1.807, 2.05) is 48.7 Å². The molecule has 124 valence electrons. The number of thioether (sulfide) groups is 1. The molecular formula is C18H15BrCl2N2S. The van der Waals surface area contributed by atoms with Gasteiger partial charge in [0.15, 0.2) is 0 Å². The fraction of sp³-hybridized carbons (Fsp3) is 0.167. The fourth-order valence-corrected chi connectivity index (χ4v) is 4.13. The molecule has 3 rings (SSSR count). The predicted octanol–water partition coefficient (Wildman–Crippen LogP) is 6.63. The summed E-state index contributed by atoms with van der Waals surface area (Å²) >= 11 is 17.5. The third-order valence-corrected chi connectivity index (χ3v) is 6.20. The van der Waals surface area contributed by atoms with Crippen LogP contribution in [0.25, 0.3) is 0 Å². The maximum Gasteiger partial charge on any atom is 0.0946 e. The van der Waals surface area contributed by atoms with Crippen molar-refractivity contribution in [3.63, 3.8) is 0 Å². The third-order valence-electron chi connectivity index (χ3n) is 3.61. The summed E-state index contributed by atoms with van der Waals surface area (Å²) in [5.41, 5.74) is 2.46. The van der Waals surface area contributed by atoms with E-state index in [2.05, 4.69) is 49.7 Å². The molecule has 0 radical (unpaired) electrons. The lowest BCUT2D eigenvalue weighted by atomic mass is 10.1. The summed E-state index contributed by atoms with van der Waals surface area (Å²) in [4.78, 5) is 4.14. The van der Waals surface area contributed by atoms with Gasteiger partial charge in [-0.15, -0.1) is 11.8 Å². The van der Waals surface area contributed by atoms with E-state index in [0.717, 1.165) is 16.8 Å². The molecule has 6 heteroatoms. The van der Waals surface area contributed by atoms with Crippen molar-refractivity contribution in [1.82, 2.24) is 9.55 Å². The summed E-state index contributed by atoms with van der Waals surface area (Å²) < 4.78 is 3.19. The van der Waals surface area contributed by atoms with E-state index in [1.165, 1.54) is 11.1 Å². The molecule has 0 bridgehead atoms. The minimum atomic E-state index is 0.321. The van der Waals surface area contributed by atoms with Crippen LogP contribution in [0.3, 0.4) is 0 Å². The number of hydrogen-bond donors (Lipinski definition) is 0. The molecule has 0 saturated heterocycles. The monoisotopic (exact) mass is 440 g/mol. The highest BCUT2D eigenvalue weighted by atomic mass is 79.9. The van der Waals surface area contributed by atoms with Crippen LogP contribution in [-0.2, 0) is 12.3 Å². The second kappa shape index (κ2) is 8.43. The molecule has 0 aliphatic heterocycles. The molecule has 0 amide bonds. The summed E-state index contributed by atoms with van der Waals surface area (Å²) in [6, 6.07) is 14.3. The topological polar surface area (TPSA) is 17.8 Å².